The molecule has 0 aliphatic rings. The van der Waals surface area contributed by atoms with Crippen LogP contribution in [0.25, 0.3) is 0 Å². The van der Waals surface area contributed by atoms with Crippen LogP contribution >= 0.6 is 0 Å². The van der Waals surface area contributed by atoms with E-state index < -0.39 is 0 Å². The quantitative estimate of drug-likeness (QED) is 0.728. The second kappa shape index (κ2) is 7.71. The van der Waals surface area contributed by atoms with E-state index in [1.807, 2.05) is 26.0 Å². The molecule has 0 aromatic heterocycles. The molecule has 0 rings (SSSR count). The zero-order valence-electron chi connectivity index (χ0n) is 11.6. The lowest BCUT2D eigenvalue weighted by Crippen LogP contribution is -2.33. The zero-order chi connectivity index (χ0) is 13.4. The first kappa shape index (κ1) is 15.5. The Morgan fingerprint density at radius 2 is 1.82 bits per heavy atom. The molecule has 0 saturated carbocycles. The Morgan fingerprint density at radius 1 is 1.24 bits per heavy atom. The van der Waals surface area contributed by atoms with Gasteiger partial charge in [-0.1, -0.05) is 32.1 Å². The normalized spacial score (nSPS) is 12.3. The molecule has 0 fully saturated rings. The monoisotopic (exact) mass is 236 g/mol. The molecule has 0 unspecified atom stereocenters. The fourth-order valence-corrected chi connectivity index (χ4v) is 1.26. The van der Waals surface area contributed by atoms with E-state index in [4.69, 9.17) is 0 Å². The summed E-state index contributed by atoms with van der Waals surface area (Å²) in [7, 11) is 3.45. The molecule has 0 spiro atoms. The molecule has 0 heterocycles. The highest BCUT2D eigenvalue weighted by atomic mass is 16.2. The fourth-order valence-electron chi connectivity index (χ4n) is 1.26. The molecule has 0 bridgehead atoms. The number of rotatable bonds is 5. The molecule has 0 aliphatic heterocycles. The zero-order valence-corrected chi connectivity index (χ0v) is 11.6. The largest absolute Gasteiger partial charge is 0.331 e. The maximum atomic E-state index is 11.5. The van der Waals surface area contributed by atoms with Crippen molar-refractivity contribution in [1.82, 2.24) is 10.2 Å². The number of nitrogens with zero attached hydrogens (tertiary/aromatic N) is 1. The van der Waals surface area contributed by atoms with Gasteiger partial charge in [-0.2, -0.15) is 0 Å². The number of carbonyl (C=O) groups excluding carboxylic acids is 1. The van der Waals surface area contributed by atoms with Crippen molar-refractivity contribution in [3.63, 3.8) is 0 Å². The highest BCUT2D eigenvalue weighted by Crippen LogP contribution is 2.11. The van der Waals surface area contributed by atoms with Gasteiger partial charge in [-0.25, -0.2) is 4.79 Å². The minimum atomic E-state index is -0.0973. The summed E-state index contributed by atoms with van der Waals surface area (Å²) in [6.45, 7) is 10.0. The van der Waals surface area contributed by atoms with Gasteiger partial charge < -0.3 is 10.2 Å². The van der Waals surface area contributed by atoms with Gasteiger partial charge in [0.15, 0.2) is 0 Å². The number of carbonyl (C=O) groups is 1. The first-order valence-corrected chi connectivity index (χ1v) is 5.96. The lowest BCUT2D eigenvalue weighted by atomic mass is 10.1. The number of nitrogens with one attached hydrogen (secondary N) is 1. The van der Waals surface area contributed by atoms with Gasteiger partial charge in [0.05, 0.1) is 0 Å². The topological polar surface area (TPSA) is 32.3 Å². The maximum absolute atomic E-state index is 11.5. The predicted molar refractivity (Wildman–Crippen MR) is 73.8 cm³/mol. The van der Waals surface area contributed by atoms with Crippen molar-refractivity contribution >= 4 is 6.03 Å². The smallest absolute Gasteiger partial charge is 0.321 e. The third kappa shape index (κ3) is 5.95. The number of amides is 2. The van der Waals surface area contributed by atoms with E-state index in [0.717, 1.165) is 24.1 Å². The molecule has 0 aliphatic carbocycles. The maximum Gasteiger partial charge on any atom is 0.321 e. The van der Waals surface area contributed by atoms with Gasteiger partial charge in [0.25, 0.3) is 0 Å². The summed E-state index contributed by atoms with van der Waals surface area (Å²) in [4.78, 5) is 13.0. The SMILES string of the molecule is C=C(C)/C(=C/C=C(\CC)NC(=O)N(C)C)CC. The first-order valence-electron chi connectivity index (χ1n) is 5.96. The van der Waals surface area contributed by atoms with Crippen LogP contribution in [-0.2, 0) is 0 Å². The van der Waals surface area contributed by atoms with Crippen LogP contribution < -0.4 is 5.32 Å². The molecule has 0 aromatic rings. The second-order valence-corrected chi connectivity index (χ2v) is 4.20. The Morgan fingerprint density at radius 3 is 2.18 bits per heavy atom. The molecule has 0 atom stereocenters. The molecule has 0 radical (unpaired) electrons. The van der Waals surface area contributed by atoms with Crippen LogP contribution in [0.5, 0.6) is 0 Å². The summed E-state index contributed by atoms with van der Waals surface area (Å²) in [5.74, 6) is 0. The van der Waals surface area contributed by atoms with Gasteiger partial charge in [-0.15, -0.1) is 0 Å². The lowest BCUT2D eigenvalue weighted by molar-refractivity contribution is 0.220. The van der Waals surface area contributed by atoms with Crippen molar-refractivity contribution in [2.75, 3.05) is 14.1 Å². The van der Waals surface area contributed by atoms with E-state index in [1.54, 1.807) is 14.1 Å². The van der Waals surface area contributed by atoms with Crippen molar-refractivity contribution < 1.29 is 4.79 Å². The van der Waals surface area contributed by atoms with E-state index in [2.05, 4.69) is 18.8 Å². The molecule has 96 valence electrons. The summed E-state index contributed by atoms with van der Waals surface area (Å²) in [6, 6.07) is -0.0973. The molecule has 3 heteroatoms. The van der Waals surface area contributed by atoms with E-state index in [1.165, 1.54) is 10.5 Å². The van der Waals surface area contributed by atoms with Crippen molar-refractivity contribution in [3.8, 4) is 0 Å². The van der Waals surface area contributed by atoms with Crippen LogP contribution in [0, 0.1) is 0 Å². The summed E-state index contributed by atoms with van der Waals surface area (Å²) in [5.41, 5.74) is 3.18. The molecule has 17 heavy (non-hydrogen) atoms. The van der Waals surface area contributed by atoms with E-state index in [9.17, 15) is 4.79 Å². The van der Waals surface area contributed by atoms with Crippen LogP contribution in [0.2, 0.25) is 0 Å². The first-order chi connectivity index (χ1) is 7.92. The van der Waals surface area contributed by atoms with E-state index in [-0.39, 0.29) is 6.03 Å². The Bertz CT molecular complexity index is 338. The minimum Gasteiger partial charge on any atom is -0.331 e. The van der Waals surface area contributed by atoms with Crippen molar-refractivity contribution in [3.05, 3.63) is 35.6 Å². The third-order valence-electron chi connectivity index (χ3n) is 2.47. The lowest BCUT2D eigenvalue weighted by Gasteiger charge is -2.13. The summed E-state index contributed by atoms with van der Waals surface area (Å²) < 4.78 is 0. The van der Waals surface area contributed by atoms with Gasteiger partial charge in [0.2, 0.25) is 0 Å². The summed E-state index contributed by atoms with van der Waals surface area (Å²) in [5, 5.41) is 2.86. The second-order valence-electron chi connectivity index (χ2n) is 4.20. The van der Waals surface area contributed by atoms with Crippen LogP contribution in [0.4, 0.5) is 4.79 Å². The van der Waals surface area contributed by atoms with E-state index >= 15 is 0 Å². The molecule has 2 amide bonds. The Kier molecular flexibility index (Phi) is 7.03. The third-order valence-corrected chi connectivity index (χ3v) is 2.47. The highest BCUT2D eigenvalue weighted by molar-refractivity contribution is 5.75. The fraction of sp³-hybridized carbons (Fsp3) is 0.500. The van der Waals surface area contributed by atoms with Crippen LogP contribution in [-0.4, -0.2) is 25.0 Å². The van der Waals surface area contributed by atoms with Crippen molar-refractivity contribution in [1.29, 1.82) is 0 Å². The minimum absolute atomic E-state index is 0.0973. The van der Waals surface area contributed by atoms with Crippen LogP contribution in [0.3, 0.4) is 0 Å². The molecule has 1 N–H and O–H groups in total. The average molecular weight is 236 g/mol. The predicted octanol–water partition coefficient (Wildman–Crippen LogP) is 3.46. The Labute approximate surface area is 105 Å². The van der Waals surface area contributed by atoms with Gasteiger partial charge >= 0.3 is 6.03 Å². The van der Waals surface area contributed by atoms with Gasteiger partial charge in [0.1, 0.15) is 0 Å². The number of hydrogen-bond donors (Lipinski definition) is 1. The molecular weight excluding hydrogens is 212 g/mol. The molecule has 0 aromatic carbocycles. The van der Waals surface area contributed by atoms with Crippen LogP contribution in [0.15, 0.2) is 35.6 Å². The molecule has 0 saturated heterocycles. The van der Waals surface area contributed by atoms with E-state index in [0.29, 0.717) is 0 Å². The highest BCUT2D eigenvalue weighted by Gasteiger charge is 2.03. The molecule has 3 nitrogen and oxygen atoms in total. The van der Waals surface area contributed by atoms with Crippen molar-refractivity contribution in [2.45, 2.75) is 33.6 Å². The standard InChI is InChI=1S/C14H24N2O/c1-7-12(11(3)4)9-10-13(8-2)15-14(17)16(5)6/h9-10H,3,7-8H2,1-2,4-6H3,(H,15,17)/b12-9+,13-10+. The molecular formula is C14H24N2O. The number of urea groups is 1. The number of allylic oxidation sites excluding steroid dienone is 5. The Hall–Kier alpha value is -1.51. The van der Waals surface area contributed by atoms with Crippen LogP contribution in [0.1, 0.15) is 33.6 Å². The summed E-state index contributed by atoms with van der Waals surface area (Å²) >= 11 is 0. The van der Waals surface area contributed by atoms with Gasteiger partial charge in [-0.3, -0.25) is 0 Å². The van der Waals surface area contributed by atoms with Gasteiger partial charge in [-0.05, 0) is 31.4 Å². The average Bonchev–Trinajstić information content (AvgIpc) is 2.27. The van der Waals surface area contributed by atoms with Crippen molar-refractivity contribution in [2.24, 2.45) is 0 Å². The Balaban J connectivity index is 4.76. The number of hydrogen-bond acceptors (Lipinski definition) is 1. The van der Waals surface area contributed by atoms with Gasteiger partial charge in [0, 0.05) is 19.8 Å². The summed E-state index contributed by atoms with van der Waals surface area (Å²) in [6.07, 6.45) is 5.72.